The van der Waals surface area contributed by atoms with Gasteiger partial charge >= 0.3 is 0 Å². The Balaban J connectivity index is 1.57. The molecule has 0 spiro atoms. The van der Waals surface area contributed by atoms with Crippen molar-refractivity contribution in [3.63, 3.8) is 0 Å². The number of hydrogen-bond donors (Lipinski definition) is 2. The molecule has 0 heterocycles. The van der Waals surface area contributed by atoms with Crippen LogP contribution in [0.2, 0.25) is 10.0 Å². The fourth-order valence-electron chi connectivity index (χ4n) is 2.62. The minimum absolute atomic E-state index is 0.0764. The molecular formula is C21H20Cl2N2O2. The maximum Gasteiger partial charge on any atom is 0.244 e. The summed E-state index contributed by atoms with van der Waals surface area (Å²) >= 11 is 12.2. The number of amides is 2. The van der Waals surface area contributed by atoms with Crippen LogP contribution in [-0.2, 0) is 9.59 Å². The van der Waals surface area contributed by atoms with Gasteiger partial charge in [0.1, 0.15) is 0 Å². The molecule has 0 aliphatic heterocycles. The second kappa shape index (κ2) is 8.59. The van der Waals surface area contributed by atoms with Gasteiger partial charge in [0.2, 0.25) is 11.8 Å². The quantitative estimate of drug-likeness (QED) is 0.649. The third kappa shape index (κ3) is 5.34. The maximum atomic E-state index is 12.2. The summed E-state index contributed by atoms with van der Waals surface area (Å²) in [6, 6.07) is 12.5. The smallest absolute Gasteiger partial charge is 0.244 e. The van der Waals surface area contributed by atoms with Gasteiger partial charge in [0.25, 0.3) is 0 Å². The summed E-state index contributed by atoms with van der Waals surface area (Å²) < 4.78 is 0. The van der Waals surface area contributed by atoms with Gasteiger partial charge in [0.15, 0.2) is 0 Å². The van der Waals surface area contributed by atoms with Crippen LogP contribution in [0.5, 0.6) is 0 Å². The average molecular weight is 403 g/mol. The van der Waals surface area contributed by atoms with Gasteiger partial charge < -0.3 is 10.6 Å². The predicted octanol–water partition coefficient (Wildman–Crippen LogP) is 5.23. The van der Waals surface area contributed by atoms with E-state index in [9.17, 15) is 9.59 Å². The number of halogens is 2. The number of carbonyl (C=O) groups is 2. The van der Waals surface area contributed by atoms with Gasteiger partial charge in [-0.15, -0.1) is 0 Å². The fourth-order valence-corrected chi connectivity index (χ4v) is 3.14. The standard InChI is InChI=1S/C21H20Cl2N2O2/c1-13(14-7-9-16(10-8-14)25-21(27)15-5-6-15)24-20(26)12-11-17-18(22)3-2-4-19(17)23/h2-4,7-13,15H,5-6H2,1H3,(H,24,26)(H,25,27)/b12-11+. The van der Waals surface area contributed by atoms with Crippen molar-refractivity contribution in [1.29, 1.82) is 0 Å². The zero-order chi connectivity index (χ0) is 19.4. The van der Waals surface area contributed by atoms with Gasteiger partial charge in [-0.05, 0) is 55.7 Å². The summed E-state index contributed by atoms with van der Waals surface area (Å²) in [6.45, 7) is 1.89. The highest BCUT2D eigenvalue weighted by Gasteiger charge is 2.29. The van der Waals surface area contributed by atoms with E-state index in [0.29, 0.717) is 15.6 Å². The van der Waals surface area contributed by atoms with Crippen molar-refractivity contribution in [3.8, 4) is 0 Å². The Bertz CT molecular complexity index is 854. The van der Waals surface area contributed by atoms with Crippen LogP contribution in [0.4, 0.5) is 5.69 Å². The zero-order valence-electron chi connectivity index (χ0n) is 14.8. The van der Waals surface area contributed by atoms with Crippen LogP contribution in [0.15, 0.2) is 48.5 Å². The molecule has 2 N–H and O–H groups in total. The van der Waals surface area contributed by atoms with Gasteiger partial charge in [-0.25, -0.2) is 0 Å². The first-order chi connectivity index (χ1) is 12.9. The van der Waals surface area contributed by atoms with E-state index in [1.807, 2.05) is 31.2 Å². The van der Waals surface area contributed by atoms with Crippen molar-refractivity contribution < 1.29 is 9.59 Å². The van der Waals surface area contributed by atoms with Crippen molar-refractivity contribution in [3.05, 3.63) is 69.7 Å². The number of hydrogen-bond acceptors (Lipinski definition) is 2. The summed E-state index contributed by atoms with van der Waals surface area (Å²) in [5, 5.41) is 6.77. The monoisotopic (exact) mass is 402 g/mol. The minimum Gasteiger partial charge on any atom is -0.346 e. The van der Waals surface area contributed by atoms with Crippen molar-refractivity contribution >= 4 is 46.8 Å². The summed E-state index contributed by atoms with van der Waals surface area (Å²) in [4.78, 5) is 24.0. The van der Waals surface area contributed by atoms with Gasteiger partial charge in [-0.1, -0.05) is 41.4 Å². The van der Waals surface area contributed by atoms with E-state index in [-0.39, 0.29) is 23.8 Å². The Kier molecular flexibility index (Phi) is 6.19. The lowest BCUT2D eigenvalue weighted by atomic mass is 10.1. The SMILES string of the molecule is CC(NC(=O)/C=C/c1c(Cl)cccc1Cl)c1ccc(NC(=O)C2CC2)cc1. The average Bonchev–Trinajstić information content (AvgIpc) is 3.47. The molecule has 1 fully saturated rings. The lowest BCUT2D eigenvalue weighted by molar-refractivity contribution is -0.118. The maximum absolute atomic E-state index is 12.2. The predicted molar refractivity (Wildman–Crippen MR) is 110 cm³/mol. The van der Waals surface area contributed by atoms with E-state index in [4.69, 9.17) is 23.2 Å². The Morgan fingerprint density at radius 2 is 1.70 bits per heavy atom. The highest BCUT2D eigenvalue weighted by atomic mass is 35.5. The molecule has 1 atom stereocenters. The van der Waals surface area contributed by atoms with Gasteiger partial charge in [0, 0.05) is 33.3 Å². The molecule has 1 unspecified atom stereocenters. The number of benzene rings is 2. The summed E-state index contributed by atoms with van der Waals surface area (Å²) in [7, 11) is 0. The molecule has 2 amide bonds. The lowest BCUT2D eigenvalue weighted by Crippen LogP contribution is -2.24. The second-order valence-electron chi connectivity index (χ2n) is 6.58. The molecule has 6 heteroatoms. The van der Waals surface area contributed by atoms with Crippen LogP contribution in [0, 0.1) is 5.92 Å². The molecule has 2 aromatic carbocycles. The number of rotatable bonds is 6. The normalized spacial score (nSPS) is 14.8. The Hall–Kier alpha value is -2.30. The van der Waals surface area contributed by atoms with Gasteiger partial charge in [0.05, 0.1) is 6.04 Å². The first-order valence-corrected chi connectivity index (χ1v) is 9.53. The molecule has 2 aromatic rings. The van der Waals surface area contributed by atoms with Crippen molar-refractivity contribution in [2.24, 2.45) is 5.92 Å². The van der Waals surface area contributed by atoms with E-state index < -0.39 is 0 Å². The largest absolute Gasteiger partial charge is 0.346 e. The van der Waals surface area contributed by atoms with E-state index in [1.165, 1.54) is 6.08 Å². The third-order valence-corrected chi connectivity index (χ3v) is 5.05. The molecule has 0 radical (unpaired) electrons. The van der Waals surface area contributed by atoms with Crippen LogP contribution in [0.25, 0.3) is 6.08 Å². The number of carbonyl (C=O) groups excluding carboxylic acids is 2. The second-order valence-corrected chi connectivity index (χ2v) is 7.40. The Labute approximate surface area is 168 Å². The number of anilines is 1. The molecule has 1 aliphatic rings. The van der Waals surface area contributed by atoms with Gasteiger partial charge in [-0.2, -0.15) is 0 Å². The van der Waals surface area contributed by atoms with Crippen LogP contribution < -0.4 is 10.6 Å². The summed E-state index contributed by atoms with van der Waals surface area (Å²) in [6.07, 6.45) is 4.96. The first kappa shape index (κ1) is 19.5. The molecular weight excluding hydrogens is 383 g/mol. The zero-order valence-corrected chi connectivity index (χ0v) is 16.3. The molecule has 3 rings (SSSR count). The molecule has 1 saturated carbocycles. The highest BCUT2D eigenvalue weighted by molar-refractivity contribution is 6.37. The van der Waals surface area contributed by atoms with E-state index in [2.05, 4.69) is 10.6 Å². The molecule has 0 saturated heterocycles. The van der Waals surface area contributed by atoms with Crippen molar-refractivity contribution in [2.75, 3.05) is 5.32 Å². The van der Waals surface area contributed by atoms with Crippen LogP contribution in [0.1, 0.15) is 36.9 Å². The van der Waals surface area contributed by atoms with Crippen molar-refractivity contribution in [2.45, 2.75) is 25.8 Å². The molecule has 4 nitrogen and oxygen atoms in total. The number of nitrogens with one attached hydrogen (secondary N) is 2. The molecule has 1 aliphatic carbocycles. The van der Waals surface area contributed by atoms with Crippen LogP contribution in [0.3, 0.4) is 0 Å². The Morgan fingerprint density at radius 3 is 2.30 bits per heavy atom. The first-order valence-electron chi connectivity index (χ1n) is 8.77. The van der Waals surface area contributed by atoms with E-state index in [1.54, 1.807) is 24.3 Å². The van der Waals surface area contributed by atoms with Crippen LogP contribution >= 0.6 is 23.2 Å². The third-order valence-electron chi connectivity index (χ3n) is 4.39. The fraction of sp³-hybridized carbons (Fsp3) is 0.238. The molecule has 0 bridgehead atoms. The van der Waals surface area contributed by atoms with Crippen molar-refractivity contribution in [1.82, 2.24) is 5.32 Å². The molecule has 27 heavy (non-hydrogen) atoms. The highest BCUT2D eigenvalue weighted by Crippen LogP contribution is 2.30. The Morgan fingerprint density at radius 1 is 1.07 bits per heavy atom. The summed E-state index contributed by atoms with van der Waals surface area (Å²) in [5.41, 5.74) is 2.32. The molecule has 140 valence electrons. The topological polar surface area (TPSA) is 58.2 Å². The van der Waals surface area contributed by atoms with E-state index in [0.717, 1.165) is 24.1 Å². The van der Waals surface area contributed by atoms with E-state index >= 15 is 0 Å². The molecule has 0 aromatic heterocycles. The summed E-state index contributed by atoms with van der Waals surface area (Å²) in [5.74, 6) is -0.00151. The lowest BCUT2D eigenvalue weighted by Gasteiger charge is -2.14. The minimum atomic E-state index is -0.246. The van der Waals surface area contributed by atoms with Gasteiger partial charge in [-0.3, -0.25) is 9.59 Å². The van der Waals surface area contributed by atoms with Crippen LogP contribution in [-0.4, -0.2) is 11.8 Å².